The van der Waals surface area contributed by atoms with Crippen molar-refractivity contribution in [3.63, 3.8) is 0 Å². The van der Waals surface area contributed by atoms with E-state index in [2.05, 4.69) is 0 Å². The normalized spacial score (nSPS) is 12.8. The van der Waals surface area contributed by atoms with Crippen molar-refractivity contribution in [3.8, 4) is 0 Å². The number of nitrogen functional groups attached to an aromatic ring is 2. The summed E-state index contributed by atoms with van der Waals surface area (Å²) < 4.78 is 0. The third-order valence-electron chi connectivity index (χ3n) is 2.04. The molecule has 6 N–H and O–H groups in total. The van der Waals surface area contributed by atoms with Gasteiger partial charge in [-0.25, -0.2) is 0 Å². The molecule has 72 valence electrons. The first-order valence-electron chi connectivity index (χ1n) is 4.49. The van der Waals surface area contributed by atoms with Crippen LogP contribution >= 0.6 is 0 Å². The molecule has 0 saturated heterocycles. The molecule has 1 aromatic rings. The van der Waals surface area contributed by atoms with Crippen molar-refractivity contribution in [1.82, 2.24) is 0 Å². The summed E-state index contributed by atoms with van der Waals surface area (Å²) in [5, 5.41) is 0. The summed E-state index contributed by atoms with van der Waals surface area (Å²) in [4.78, 5) is 0. The largest absolute Gasteiger partial charge is 0.399 e. The van der Waals surface area contributed by atoms with E-state index in [0.29, 0.717) is 0 Å². The lowest BCUT2D eigenvalue weighted by Crippen LogP contribution is -2.15. The quantitative estimate of drug-likeness (QED) is 0.609. The summed E-state index contributed by atoms with van der Waals surface area (Å²) >= 11 is 0. The molecule has 0 aliphatic heterocycles. The van der Waals surface area contributed by atoms with Crippen LogP contribution < -0.4 is 17.2 Å². The second-order valence-corrected chi connectivity index (χ2v) is 3.47. The van der Waals surface area contributed by atoms with Crippen LogP contribution in [0, 0.1) is 0 Å². The van der Waals surface area contributed by atoms with E-state index in [0.717, 1.165) is 29.8 Å². The molecule has 0 spiro atoms. The maximum atomic E-state index is 5.78. The van der Waals surface area contributed by atoms with Gasteiger partial charge in [-0.1, -0.05) is 0 Å². The highest BCUT2D eigenvalue weighted by Crippen LogP contribution is 2.17. The van der Waals surface area contributed by atoms with Crippen LogP contribution in [0.25, 0.3) is 0 Å². The van der Waals surface area contributed by atoms with E-state index in [1.165, 1.54) is 0 Å². The Morgan fingerprint density at radius 2 is 2.00 bits per heavy atom. The first-order valence-corrected chi connectivity index (χ1v) is 4.49. The first-order chi connectivity index (χ1) is 6.09. The molecule has 3 nitrogen and oxygen atoms in total. The maximum Gasteiger partial charge on any atom is 0.0348 e. The summed E-state index contributed by atoms with van der Waals surface area (Å²) in [6.45, 7) is 1.99. The Bertz CT molecular complexity index is 281. The minimum atomic E-state index is 0.209. The van der Waals surface area contributed by atoms with Crippen molar-refractivity contribution in [2.45, 2.75) is 25.8 Å². The lowest BCUT2D eigenvalue weighted by atomic mass is 10.0. The molecule has 0 radical (unpaired) electrons. The molecule has 1 atom stereocenters. The van der Waals surface area contributed by atoms with E-state index in [4.69, 9.17) is 17.2 Å². The lowest BCUT2D eigenvalue weighted by Gasteiger charge is -2.08. The number of anilines is 2. The van der Waals surface area contributed by atoms with Crippen molar-refractivity contribution in [1.29, 1.82) is 0 Å². The molecular formula is C10H17N3. The van der Waals surface area contributed by atoms with Gasteiger partial charge in [-0.05, 0) is 43.5 Å². The van der Waals surface area contributed by atoms with Gasteiger partial charge in [0.05, 0.1) is 0 Å². The van der Waals surface area contributed by atoms with Crippen molar-refractivity contribution in [3.05, 3.63) is 23.8 Å². The molecule has 0 aliphatic rings. The molecule has 0 saturated carbocycles. The predicted octanol–water partition coefficient (Wildman–Crippen LogP) is 1.13. The van der Waals surface area contributed by atoms with E-state index in [-0.39, 0.29) is 6.04 Å². The van der Waals surface area contributed by atoms with Gasteiger partial charge in [0.15, 0.2) is 0 Å². The third kappa shape index (κ3) is 2.95. The van der Waals surface area contributed by atoms with E-state index >= 15 is 0 Å². The molecule has 0 aromatic heterocycles. The Kier molecular flexibility index (Phi) is 3.14. The van der Waals surface area contributed by atoms with Crippen molar-refractivity contribution < 1.29 is 0 Å². The van der Waals surface area contributed by atoms with Crippen LogP contribution in [0.4, 0.5) is 11.4 Å². The second kappa shape index (κ2) is 4.14. The SMILES string of the molecule is C[C@H](N)CCc1cc(N)ccc1N. The summed E-state index contributed by atoms with van der Waals surface area (Å²) in [5.41, 5.74) is 19.7. The molecule has 0 fully saturated rings. The Balaban J connectivity index is 2.70. The Morgan fingerprint density at radius 1 is 1.31 bits per heavy atom. The van der Waals surface area contributed by atoms with E-state index in [1.807, 2.05) is 25.1 Å². The van der Waals surface area contributed by atoms with Crippen LogP contribution in [-0.2, 0) is 6.42 Å². The standard InChI is InChI=1S/C10H17N3/c1-7(11)2-3-8-6-9(12)4-5-10(8)13/h4-7H,2-3,11-13H2,1H3/t7-/m0/s1. The molecule has 0 amide bonds. The molecule has 0 bridgehead atoms. The van der Waals surface area contributed by atoms with Gasteiger partial charge < -0.3 is 17.2 Å². The van der Waals surface area contributed by atoms with E-state index < -0.39 is 0 Å². The zero-order chi connectivity index (χ0) is 9.84. The van der Waals surface area contributed by atoms with Crippen LogP contribution in [0.5, 0.6) is 0 Å². The van der Waals surface area contributed by atoms with Crippen LogP contribution in [-0.4, -0.2) is 6.04 Å². The summed E-state index contributed by atoms with van der Waals surface area (Å²) in [7, 11) is 0. The monoisotopic (exact) mass is 179 g/mol. The van der Waals surface area contributed by atoms with Gasteiger partial charge in [-0.2, -0.15) is 0 Å². The van der Waals surface area contributed by atoms with Gasteiger partial charge in [0.1, 0.15) is 0 Å². The Morgan fingerprint density at radius 3 is 2.62 bits per heavy atom. The summed E-state index contributed by atoms with van der Waals surface area (Å²) in [6.07, 6.45) is 1.84. The fraction of sp³-hybridized carbons (Fsp3) is 0.400. The highest BCUT2D eigenvalue weighted by atomic mass is 14.6. The van der Waals surface area contributed by atoms with Crippen molar-refractivity contribution in [2.75, 3.05) is 11.5 Å². The van der Waals surface area contributed by atoms with Crippen LogP contribution in [0.1, 0.15) is 18.9 Å². The zero-order valence-electron chi connectivity index (χ0n) is 7.96. The second-order valence-electron chi connectivity index (χ2n) is 3.47. The topological polar surface area (TPSA) is 78.1 Å². The zero-order valence-corrected chi connectivity index (χ0v) is 7.96. The highest BCUT2D eigenvalue weighted by Gasteiger charge is 2.01. The Hall–Kier alpha value is -1.22. The highest BCUT2D eigenvalue weighted by molar-refractivity contribution is 5.55. The third-order valence-corrected chi connectivity index (χ3v) is 2.04. The lowest BCUT2D eigenvalue weighted by molar-refractivity contribution is 0.667. The number of rotatable bonds is 3. The minimum absolute atomic E-state index is 0.209. The molecule has 1 rings (SSSR count). The number of hydrogen-bond acceptors (Lipinski definition) is 3. The van der Waals surface area contributed by atoms with Crippen molar-refractivity contribution >= 4 is 11.4 Å². The summed E-state index contributed by atoms with van der Waals surface area (Å²) in [5.74, 6) is 0. The van der Waals surface area contributed by atoms with E-state index in [1.54, 1.807) is 0 Å². The van der Waals surface area contributed by atoms with Gasteiger partial charge in [0.25, 0.3) is 0 Å². The molecule has 0 aliphatic carbocycles. The molecule has 3 heteroatoms. The fourth-order valence-corrected chi connectivity index (χ4v) is 1.23. The average molecular weight is 179 g/mol. The van der Waals surface area contributed by atoms with Gasteiger partial charge in [-0.3, -0.25) is 0 Å². The first kappa shape index (κ1) is 9.86. The molecule has 13 heavy (non-hydrogen) atoms. The van der Waals surface area contributed by atoms with Gasteiger partial charge in [0, 0.05) is 17.4 Å². The smallest absolute Gasteiger partial charge is 0.0348 e. The van der Waals surface area contributed by atoms with Crippen LogP contribution in [0.2, 0.25) is 0 Å². The number of benzene rings is 1. The minimum Gasteiger partial charge on any atom is -0.399 e. The number of aryl methyl sites for hydroxylation is 1. The van der Waals surface area contributed by atoms with Gasteiger partial charge in [0.2, 0.25) is 0 Å². The summed E-state index contributed by atoms with van der Waals surface area (Å²) in [6, 6.07) is 5.77. The fourth-order valence-electron chi connectivity index (χ4n) is 1.23. The number of hydrogen-bond donors (Lipinski definition) is 3. The van der Waals surface area contributed by atoms with Crippen LogP contribution in [0.15, 0.2) is 18.2 Å². The predicted molar refractivity (Wildman–Crippen MR) is 57.2 cm³/mol. The maximum absolute atomic E-state index is 5.78. The molecule has 0 heterocycles. The van der Waals surface area contributed by atoms with Crippen molar-refractivity contribution in [2.24, 2.45) is 5.73 Å². The molecular weight excluding hydrogens is 162 g/mol. The van der Waals surface area contributed by atoms with Gasteiger partial charge in [-0.15, -0.1) is 0 Å². The van der Waals surface area contributed by atoms with Gasteiger partial charge >= 0.3 is 0 Å². The van der Waals surface area contributed by atoms with Crippen LogP contribution in [0.3, 0.4) is 0 Å². The average Bonchev–Trinajstić information content (AvgIpc) is 2.06. The van der Waals surface area contributed by atoms with E-state index in [9.17, 15) is 0 Å². The number of nitrogens with two attached hydrogens (primary N) is 3. The Labute approximate surface area is 78.9 Å². The molecule has 0 unspecified atom stereocenters. The molecule has 1 aromatic carbocycles.